The quantitative estimate of drug-likeness (QED) is 0.454. The number of rotatable bonds is 5. The molecule has 0 fully saturated rings. The van der Waals surface area contributed by atoms with Crippen molar-refractivity contribution in [2.24, 2.45) is 5.73 Å². The molecule has 19 heavy (non-hydrogen) atoms. The Hall–Kier alpha value is -1.93. The number of benzene rings is 1. The van der Waals surface area contributed by atoms with Gasteiger partial charge in [-0.25, -0.2) is 0 Å². The first-order valence-corrected chi connectivity index (χ1v) is 5.16. The van der Waals surface area contributed by atoms with Gasteiger partial charge in [-0.3, -0.25) is 9.59 Å². The highest BCUT2D eigenvalue weighted by Crippen LogP contribution is 2.25. The van der Waals surface area contributed by atoms with Crippen molar-refractivity contribution in [2.45, 2.75) is 12.5 Å². The largest absolute Gasteiger partial charge is 0.504 e. The molecule has 1 atom stereocenters. The monoisotopic (exact) mass is 288 g/mol. The van der Waals surface area contributed by atoms with Crippen molar-refractivity contribution in [1.82, 2.24) is 5.32 Å². The van der Waals surface area contributed by atoms with Crippen LogP contribution in [0, 0.1) is 0 Å². The Morgan fingerprint density at radius 3 is 2.42 bits per heavy atom. The summed E-state index contributed by atoms with van der Waals surface area (Å²) in [5.41, 5.74) is 6.13. The van der Waals surface area contributed by atoms with Gasteiger partial charge in [0.05, 0.1) is 6.04 Å². The maximum absolute atomic E-state index is 11.4. The molecule has 0 aromatic heterocycles. The van der Waals surface area contributed by atoms with E-state index in [1.54, 1.807) is 0 Å². The lowest BCUT2D eigenvalue weighted by atomic mass is 10.1. The standard InChI is InChI=1S/C11H14N2O5.H2S/c12-7(11(18)13-5-10(16)17)3-6-1-2-8(14)9(15)4-6;/h1-2,4,7,14-15H,3,5,12H2,(H,13,18)(H,16,17);1H2/t7-;/m0./s1. The second-order valence-corrected chi connectivity index (χ2v) is 3.75. The third kappa shape index (κ3) is 5.49. The molecular formula is C11H16N2O5S. The van der Waals surface area contributed by atoms with Gasteiger partial charge < -0.3 is 26.4 Å². The van der Waals surface area contributed by atoms with Crippen LogP contribution in [0.2, 0.25) is 0 Å². The molecule has 1 rings (SSSR count). The van der Waals surface area contributed by atoms with Crippen LogP contribution in [0.1, 0.15) is 5.56 Å². The molecule has 8 heteroatoms. The van der Waals surface area contributed by atoms with E-state index in [-0.39, 0.29) is 31.4 Å². The summed E-state index contributed by atoms with van der Waals surface area (Å²) in [6, 6.07) is 3.17. The molecular weight excluding hydrogens is 272 g/mol. The number of hydrogen-bond acceptors (Lipinski definition) is 5. The first-order chi connectivity index (χ1) is 8.40. The number of aromatic hydroxyl groups is 2. The van der Waals surface area contributed by atoms with E-state index in [2.05, 4.69) is 5.32 Å². The molecule has 7 nitrogen and oxygen atoms in total. The summed E-state index contributed by atoms with van der Waals surface area (Å²) in [5, 5.41) is 28.9. The van der Waals surface area contributed by atoms with E-state index in [0.29, 0.717) is 5.56 Å². The van der Waals surface area contributed by atoms with Crippen LogP contribution in [-0.4, -0.2) is 39.8 Å². The highest BCUT2D eigenvalue weighted by Gasteiger charge is 2.15. The van der Waals surface area contributed by atoms with E-state index in [1.165, 1.54) is 18.2 Å². The minimum atomic E-state index is -1.15. The van der Waals surface area contributed by atoms with Gasteiger partial charge in [-0.15, -0.1) is 0 Å². The fourth-order valence-electron chi connectivity index (χ4n) is 1.34. The summed E-state index contributed by atoms with van der Waals surface area (Å²) >= 11 is 0. The lowest BCUT2D eigenvalue weighted by Gasteiger charge is -2.11. The number of carboxylic acids is 1. The summed E-state index contributed by atoms with van der Waals surface area (Å²) in [6.45, 7) is -0.493. The van der Waals surface area contributed by atoms with Crippen molar-refractivity contribution < 1.29 is 24.9 Å². The summed E-state index contributed by atoms with van der Waals surface area (Å²) in [6.07, 6.45) is 0.124. The average Bonchev–Trinajstić information content (AvgIpc) is 2.30. The highest BCUT2D eigenvalue weighted by atomic mass is 32.1. The number of nitrogens with two attached hydrogens (primary N) is 1. The molecule has 0 aliphatic heterocycles. The minimum Gasteiger partial charge on any atom is -0.504 e. The van der Waals surface area contributed by atoms with Crippen LogP contribution in [0.5, 0.6) is 11.5 Å². The topological polar surface area (TPSA) is 133 Å². The number of phenolic OH excluding ortho intramolecular Hbond substituents is 2. The summed E-state index contributed by atoms with van der Waals surface area (Å²) in [5.74, 6) is -2.31. The first-order valence-electron chi connectivity index (χ1n) is 5.16. The fourth-order valence-corrected chi connectivity index (χ4v) is 1.34. The summed E-state index contributed by atoms with van der Waals surface area (Å²) < 4.78 is 0. The summed E-state index contributed by atoms with van der Waals surface area (Å²) in [7, 11) is 0. The van der Waals surface area contributed by atoms with Gasteiger partial charge in [0.15, 0.2) is 11.5 Å². The van der Waals surface area contributed by atoms with Gasteiger partial charge >= 0.3 is 5.97 Å². The predicted octanol–water partition coefficient (Wildman–Crippen LogP) is -0.719. The maximum Gasteiger partial charge on any atom is 0.322 e. The number of carbonyl (C=O) groups is 2. The van der Waals surface area contributed by atoms with Crippen molar-refractivity contribution in [1.29, 1.82) is 0 Å². The number of amides is 1. The van der Waals surface area contributed by atoms with Crippen LogP contribution in [0.25, 0.3) is 0 Å². The number of nitrogens with one attached hydrogen (secondary N) is 1. The molecule has 6 N–H and O–H groups in total. The van der Waals surface area contributed by atoms with Crippen molar-refractivity contribution >= 4 is 25.4 Å². The van der Waals surface area contributed by atoms with Crippen LogP contribution in [-0.2, 0) is 16.0 Å². The van der Waals surface area contributed by atoms with Gasteiger partial charge in [-0.05, 0) is 24.1 Å². The number of aliphatic carboxylic acids is 1. The highest BCUT2D eigenvalue weighted by molar-refractivity contribution is 7.59. The second-order valence-electron chi connectivity index (χ2n) is 3.75. The Kier molecular flexibility index (Phi) is 6.73. The zero-order valence-electron chi connectivity index (χ0n) is 9.96. The van der Waals surface area contributed by atoms with E-state index < -0.39 is 24.5 Å². The molecule has 1 aromatic carbocycles. The Morgan fingerprint density at radius 1 is 1.26 bits per heavy atom. The van der Waals surface area contributed by atoms with E-state index in [1.807, 2.05) is 0 Å². The van der Waals surface area contributed by atoms with Crippen LogP contribution in [0.15, 0.2) is 18.2 Å². The normalized spacial score (nSPS) is 11.2. The van der Waals surface area contributed by atoms with Crippen molar-refractivity contribution in [3.8, 4) is 11.5 Å². The van der Waals surface area contributed by atoms with Gasteiger partial charge in [0.2, 0.25) is 5.91 Å². The maximum atomic E-state index is 11.4. The molecule has 0 saturated heterocycles. The third-order valence-corrected chi connectivity index (χ3v) is 2.25. The second kappa shape index (κ2) is 7.49. The van der Waals surface area contributed by atoms with E-state index >= 15 is 0 Å². The van der Waals surface area contributed by atoms with Crippen LogP contribution < -0.4 is 11.1 Å². The Morgan fingerprint density at radius 2 is 1.89 bits per heavy atom. The van der Waals surface area contributed by atoms with Crippen LogP contribution >= 0.6 is 13.5 Å². The molecule has 1 amide bonds. The molecule has 0 aliphatic carbocycles. The lowest BCUT2D eigenvalue weighted by Crippen LogP contribution is -2.43. The Labute approximate surface area is 116 Å². The van der Waals surface area contributed by atoms with Crippen molar-refractivity contribution in [3.05, 3.63) is 23.8 Å². The molecule has 0 unspecified atom stereocenters. The van der Waals surface area contributed by atoms with E-state index in [9.17, 15) is 14.7 Å². The number of phenols is 2. The van der Waals surface area contributed by atoms with E-state index in [0.717, 1.165) is 0 Å². The average molecular weight is 288 g/mol. The Balaban J connectivity index is 0.00000324. The van der Waals surface area contributed by atoms with Crippen molar-refractivity contribution in [3.63, 3.8) is 0 Å². The number of hydrogen-bond donors (Lipinski definition) is 5. The first kappa shape index (κ1) is 17.1. The lowest BCUT2D eigenvalue weighted by molar-refractivity contribution is -0.138. The van der Waals surface area contributed by atoms with Gasteiger partial charge in [-0.1, -0.05) is 6.07 Å². The molecule has 0 radical (unpaired) electrons. The third-order valence-electron chi connectivity index (χ3n) is 2.25. The SMILES string of the molecule is N[C@@H](Cc1ccc(O)c(O)c1)C(=O)NCC(=O)O.S. The van der Waals surface area contributed by atoms with Gasteiger partial charge in [0.25, 0.3) is 0 Å². The molecule has 106 valence electrons. The van der Waals surface area contributed by atoms with Gasteiger partial charge in [-0.2, -0.15) is 13.5 Å². The molecule has 0 bridgehead atoms. The van der Waals surface area contributed by atoms with Gasteiger partial charge in [0.1, 0.15) is 6.54 Å². The van der Waals surface area contributed by atoms with E-state index in [4.69, 9.17) is 15.9 Å². The Bertz CT molecular complexity index is 466. The smallest absolute Gasteiger partial charge is 0.322 e. The zero-order chi connectivity index (χ0) is 13.7. The zero-order valence-corrected chi connectivity index (χ0v) is 11.0. The molecule has 0 saturated carbocycles. The minimum absolute atomic E-state index is 0. The fraction of sp³-hybridized carbons (Fsp3) is 0.273. The number of carbonyl (C=O) groups excluding carboxylic acids is 1. The van der Waals surface area contributed by atoms with Gasteiger partial charge in [0, 0.05) is 0 Å². The van der Waals surface area contributed by atoms with Crippen LogP contribution in [0.3, 0.4) is 0 Å². The molecule has 0 heterocycles. The summed E-state index contributed by atoms with van der Waals surface area (Å²) in [4.78, 5) is 21.6. The molecule has 0 spiro atoms. The molecule has 1 aromatic rings. The molecule has 0 aliphatic rings. The van der Waals surface area contributed by atoms with Crippen LogP contribution in [0.4, 0.5) is 0 Å². The van der Waals surface area contributed by atoms with Crippen molar-refractivity contribution in [2.75, 3.05) is 6.54 Å². The predicted molar refractivity (Wildman–Crippen MR) is 72.5 cm³/mol. The number of carboxylic acid groups (broad SMARTS) is 1.